The Hall–Kier alpha value is -1.93. The van der Waals surface area contributed by atoms with Crippen LogP contribution in [-0.4, -0.2) is 57.2 Å². The molecule has 0 aliphatic carbocycles. The molecule has 3 heterocycles. The predicted octanol–water partition coefficient (Wildman–Crippen LogP) is 0.346. The fourth-order valence-electron chi connectivity index (χ4n) is 2.32. The first-order valence-electron chi connectivity index (χ1n) is 6.59. The van der Waals surface area contributed by atoms with E-state index in [2.05, 4.69) is 30.8 Å². The highest BCUT2D eigenvalue weighted by Crippen LogP contribution is 2.27. The highest BCUT2D eigenvalue weighted by Gasteiger charge is 2.39. The maximum Gasteiger partial charge on any atom is 0.226 e. The van der Waals surface area contributed by atoms with Crippen LogP contribution in [0.25, 0.3) is 11.0 Å². The van der Waals surface area contributed by atoms with E-state index >= 15 is 0 Å². The third-order valence-electron chi connectivity index (χ3n) is 3.75. The lowest BCUT2D eigenvalue weighted by Gasteiger charge is -2.26. The average Bonchev–Trinajstić information content (AvgIpc) is 3.04. The van der Waals surface area contributed by atoms with Gasteiger partial charge in [-0.1, -0.05) is 0 Å². The number of nitrogens with zero attached hydrogens (tertiary/aromatic N) is 3. The summed E-state index contributed by atoms with van der Waals surface area (Å²) in [6.45, 7) is 2.82. The lowest BCUT2D eigenvalue weighted by Crippen LogP contribution is -2.43. The number of ether oxygens (including phenoxy) is 1. The Labute approximate surface area is 116 Å². The highest BCUT2D eigenvalue weighted by molar-refractivity contribution is 5.86. The molecule has 8 heteroatoms. The van der Waals surface area contributed by atoms with Crippen molar-refractivity contribution in [3.63, 3.8) is 0 Å². The second kappa shape index (κ2) is 4.88. The Balaban J connectivity index is 1.85. The first-order chi connectivity index (χ1) is 9.62. The van der Waals surface area contributed by atoms with Gasteiger partial charge in [0.15, 0.2) is 5.65 Å². The zero-order valence-electron chi connectivity index (χ0n) is 11.5. The highest BCUT2D eigenvalue weighted by atomic mass is 16.5. The summed E-state index contributed by atoms with van der Waals surface area (Å²) in [4.78, 5) is 8.62. The van der Waals surface area contributed by atoms with Crippen LogP contribution in [0.1, 0.15) is 13.3 Å². The number of hydrogen-bond acceptors (Lipinski definition) is 7. The molecule has 1 aliphatic rings. The summed E-state index contributed by atoms with van der Waals surface area (Å²) in [5, 5.41) is 24.1. The number of rotatable bonds is 4. The monoisotopic (exact) mass is 278 g/mol. The van der Waals surface area contributed by atoms with Crippen molar-refractivity contribution >= 4 is 22.8 Å². The maximum atomic E-state index is 10.5. The van der Waals surface area contributed by atoms with Gasteiger partial charge in [-0.05, 0) is 6.92 Å². The SMILES string of the molecule is CNc1nc(NCC2(O)CCOC2C)c2cn[nH]c2n1. The minimum absolute atomic E-state index is 0.194. The van der Waals surface area contributed by atoms with Gasteiger partial charge in [-0.25, -0.2) is 0 Å². The van der Waals surface area contributed by atoms with Gasteiger partial charge in [0, 0.05) is 26.6 Å². The number of hydrogen-bond donors (Lipinski definition) is 4. The maximum absolute atomic E-state index is 10.5. The summed E-state index contributed by atoms with van der Waals surface area (Å²) < 4.78 is 5.42. The van der Waals surface area contributed by atoms with E-state index in [9.17, 15) is 5.11 Å². The van der Waals surface area contributed by atoms with Crippen LogP contribution in [0.4, 0.5) is 11.8 Å². The van der Waals surface area contributed by atoms with Gasteiger partial charge < -0.3 is 20.5 Å². The standard InChI is InChI=1S/C12H18N6O2/c1-7-12(19,3-4-20-7)6-14-9-8-5-15-18-10(8)17-11(13-2)16-9/h5,7,19H,3-4,6H2,1-2H3,(H3,13,14,15,16,17,18). The van der Waals surface area contributed by atoms with Crippen LogP contribution < -0.4 is 10.6 Å². The molecule has 0 saturated carbocycles. The topological polar surface area (TPSA) is 108 Å². The van der Waals surface area contributed by atoms with Gasteiger partial charge in [0.1, 0.15) is 11.4 Å². The first kappa shape index (κ1) is 13.1. The molecule has 108 valence electrons. The molecule has 20 heavy (non-hydrogen) atoms. The van der Waals surface area contributed by atoms with E-state index < -0.39 is 5.60 Å². The van der Waals surface area contributed by atoms with Crippen LogP contribution in [0, 0.1) is 0 Å². The van der Waals surface area contributed by atoms with Crippen molar-refractivity contribution in [3.8, 4) is 0 Å². The third kappa shape index (κ3) is 2.16. The van der Waals surface area contributed by atoms with E-state index in [0.717, 1.165) is 5.39 Å². The number of fused-ring (bicyclic) bond motifs is 1. The minimum atomic E-state index is -0.874. The molecule has 0 spiro atoms. The minimum Gasteiger partial charge on any atom is -0.385 e. The van der Waals surface area contributed by atoms with Crippen LogP contribution in [-0.2, 0) is 4.74 Å². The molecule has 4 N–H and O–H groups in total. The zero-order chi connectivity index (χ0) is 14.2. The quantitative estimate of drug-likeness (QED) is 0.639. The van der Waals surface area contributed by atoms with Crippen LogP contribution in [0.2, 0.25) is 0 Å². The molecule has 1 aliphatic heterocycles. The number of anilines is 2. The molecule has 1 fully saturated rings. The Kier molecular flexibility index (Phi) is 3.19. The van der Waals surface area contributed by atoms with Crippen molar-refractivity contribution in [2.24, 2.45) is 0 Å². The Morgan fingerprint density at radius 1 is 1.55 bits per heavy atom. The van der Waals surface area contributed by atoms with Crippen molar-refractivity contribution in [2.45, 2.75) is 25.0 Å². The van der Waals surface area contributed by atoms with E-state index in [4.69, 9.17) is 4.74 Å². The molecule has 1 saturated heterocycles. The molecule has 2 atom stereocenters. The Morgan fingerprint density at radius 3 is 3.10 bits per heavy atom. The van der Waals surface area contributed by atoms with Gasteiger partial charge >= 0.3 is 0 Å². The van der Waals surface area contributed by atoms with E-state index in [1.165, 1.54) is 0 Å². The number of aromatic nitrogens is 4. The number of aliphatic hydroxyl groups is 1. The first-order valence-corrected chi connectivity index (χ1v) is 6.59. The van der Waals surface area contributed by atoms with E-state index in [0.29, 0.717) is 37.0 Å². The summed E-state index contributed by atoms with van der Waals surface area (Å²) in [6, 6.07) is 0. The fourth-order valence-corrected chi connectivity index (χ4v) is 2.32. The van der Waals surface area contributed by atoms with Crippen LogP contribution in [0.15, 0.2) is 6.20 Å². The van der Waals surface area contributed by atoms with E-state index in [1.807, 2.05) is 6.92 Å². The van der Waals surface area contributed by atoms with Crippen molar-refractivity contribution in [2.75, 3.05) is 30.8 Å². The van der Waals surface area contributed by atoms with E-state index in [-0.39, 0.29) is 6.10 Å². The molecular formula is C12H18N6O2. The van der Waals surface area contributed by atoms with Gasteiger partial charge in [-0.2, -0.15) is 15.1 Å². The average molecular weight is 278 g/mol. The van der Waals surface area contributed by atoms with E-state index in [1.54, 1.807) is 13.2 Å². The summed E-state index contributed by atoms with van der Waals surface area (Å²) in [5.74, 6) is 1.13. The molecule has 2 aromatic rings. The van der Waals surface area contributed by atoms with Gasteiger partial charge in [-0.15, -0.1) is 0 Å². The van der Waals surface area contributed by atoms with Crippen molar-refractivity contribution in [1.82, 2.24) is 20.2 Å². The largest absolute Gasteiger partial charge is 0.385 e. The van der Waals surface area contributed by atoms with Gasteiger partial charge in [0.25, 0.3) is 0 Å². The summed E-state index contributed by atoms with van der Waals surface area (Å²) in [7, 11) is 1.75. The summed E-state index contributed by atoms with van der Waals surface area (Å²) in [6.07, 6.45) is 2.08. The lowest BCUT2D eigenvalue weighted by atomic mass is 9.97. The molecule has 2 unspecified atom stereocenters. The predicted molar refractivity (Wildman–Crippen MR) is 74.7 cm³/mol. The van der Waals surface area contributed by atoms with Gasteiger partial charge in [-0.3, -0.25) is 5.10 Å². The zero-order valence-corrected chi connectivity index (χ0v) is 11.5. The second-order valence-corrected chi connectivity index (χ2v) is 5.00. The smallest absolute Gasteiger partial charge is 0.226 e. The molecule has 2 aromatic heterocycles. The van der Waals surface area contributed by atoms with Crippen LogP contribution in [0.5, 0.6) is 0 Å². The Bertz CT molecular complexity index is 615. The summed E-state index contributed by atoms with van der Waals surface area (Å²) >= 11 is 0. The number of aromatic amines is 1. The molecule has 0 amide bonds. The van der Waals surface area contributed by atoms with Gasteiger partial charge in [0.05, 0.1) is 17.7 Å². The summed E-state index contributed by atoms with van der Waals surface area (Å²) in [5.41, 5.74) is -0.226. The molecule has 0 radical (unpaired) electrons. The van der Waals surface area contributed by atoms with Gasteiger partial charge in [0.2, 0.25) is 5.95 Å². The van der Waals surface area contributed by atoms with Crippen molar-refractivity contribution in [1.29, 1.82) is 0 Å². The van der Waals surface area contributed by atoms with Crippen LogP contribution in [0.3, 0.4) is 0 Å². The molecular weight excluding hydrogens is 260 g/mol. The number of H-pyrrole nitrogens is 1. The molecule has 8 nitrogen and oxygen atoms in total. The fraction of sp³-hybridized carbons (Fsp3) is 0.583. The molecule has 0 aromatic carbocycles. The lowest BCUT2D eigenvalue weighted by molar-refractivity contribution is -0.0176. The number of nitrogens with one attached hydrogen (secondary N) is 3. The molecule has 3 rings (SSSR count). The van der Waals surface area contributed by atoms with Crippen molar-refractivity contribution in [3.05, 3.63) is 6.20 Å². The van der Waals surface area contributed by atoms with Crippen LogP contribution >= 0.6 is 0 Å². The second-order valence-electron chi connectivity index (χ2n) is 5.00. The normalized spacial score (nSPS) is 26.1. The molecule has 0 bridgehead atoms. The third-order valence-corrected chi connectivity index (χ3v) is 3.75. The van der Waals surface area contributed by atoms with Crippen molar-refractivity contribution < 1.29 is 9.84 Å². The Morgan fingerprint density at radius 2 is 2.40 bits per heavy atom.